The van der Waals surface area contributed by atoms with Gasteiger partial charge in [0.25, 0.3) is 0 Å². The lowest BCUT2D eigenvalue weighted by Crippen LogP contribution is -2.23. The highest BCUT2D eigenvalue weighted by Crippen LogP contribution is 2.23. The summed E-state index contributed by atoms with van der Waals surface area (Å²) in [6.45, 7) is 1.76. The van der Waals surface area contributed by atoms with Crippen LogP contribution in [0.5, 0.6) is 0 Å². The van der Waals surface area contributed by atoms with Crippen LogP contribution < -0.4 is 0 Å². The second-order valence-corrected chi connectivity index (χ2v) is 4.14. The van der Waals surface area contributed by atoms with Gasteiger partial charge in [-0.25, -0.2) is 4.99 Å². The van der Waals surface area contributed by atoms with E-state index in [1.807, 2.05) is 24.7 Å². The fourth-order valence-electron chi connectivity index (χ4n) is 1.99. The third-order valence-electron chi connectivity index (χ3n) is 2.84. The van der Waals surface area contributed by atoms with E-state index in [2.05, 4.69) is 39.1 Å². The van der Waals surface area contributed by atoms with Gasteiger partial charge in [0.1, 0.15) is 0 Å². The average Bonchev–Trinajstić information content (AvgIpc) is 2.40. The highest BCUT2D eigenvalue weighted by atomic mass is 15.2. The van der Waals surface area contributed by atoms with Gasteiger partial charge >= 0.3 is 0 Å². The van der Waals surface area contributed by atoms with Gasteiger partial charge in [-0.15, -0.1) is 0 Å². The third kappa shape index (κ3) is 2.18. The van der Waals surface area contributed by atoms with Crippen LogP contribution in [0.2, 0.25) is 0 Å². The Morgan fingerprint density at radius 2 is 2.00 bits per heavy atom. The van der Waals surface area contributed by atoms with Gasteiger partial charge in [0, 0.05) is 31.0 Å². The number of hydrogen-bond donors (Lipinski definition) is 0. The van der Waals surface area contributed by atoms with Gasteiger partial charge in [0.05, 0.1) is 12.0 Å². The molecule has 2 aromatic rings. The molecule has 0 aliphatic carbocycles. The molecule has 0 fully saturated rings. The molecule has 0 N–H and O–H groups in total. The highest BCUT2D eigenvalue weighted by Gasteiger charge is 2.11. The quantitative estimate of drug-likeness (QED) is 0.783. The van der Waals surface area contributed by atoms with E-state index in [4.69, 9.17) is 0 Å². The second kappa shape index (κ2) is 4.37. The molecule has 3 heteroatoms. The van der Waals surface area contributed by atoms with E-state index in [1.54, 1.807) is 6.20 Å². The van der Waals surface area contributed by atoms with Crippen molar-refractivity contribution < 1.29 is 0 Å². The van der Waals surface area contributed by atoms with E-state index in [0.29, 0.717) is 0 Å². The highest BCUT2D eigenvalue weighted by molar-refractivity contribution is 5.66. The molecule has 0 bridgehead atoms. The minimum atomic E-state index is 0.877. The first-order valence-electron chi connectivity index (χ1n) is 5.67. The fourth-order valence-corrected chi connectivity index (χ4v) is 1.99. The smallest absolute Gasteiger partial charge is 0.0918 e. The summed E-state index contributed by atoms with van der Waals surface area (Å²) in [5.74, 6) is 0. The molecule has 84 valence electrons. The van der Waals surface area contributed by atoms with Crippen molar-refractivity contribution in [3.8, 4) is 0 Å². The number of rotatable bonds is 2. The predicted molar refractivity (Wildman–Crippen MR) is 68.1 cm³/mol. The fraction of sp³-hybridized carbons (Fsp3) is 0.143. The monoisotopic (exact) mass is 223 g/mol. The Morgan fingerprint density at radius 1 is 1.12 bits per heavy atom. The van der Waals surface area contributed by atoms with Gasteiger partial charge < -0.3 is 4.90 Å². The SMILES string of the molecule is C1=Nc2ccncc2CN1Cc1ccccc1. The number of aromatic nitrogens is 1. The predicted octanol–water partition coefficient (Wildman–Crippen LogP) is 2.76. The molecule has 0 unspecified atom stereocenters. The van der Waals surface area contributed by atoms with Crippen molar-refractivity contribution in [2.24, 2.45) is 4.99 Å². The second-order valence-electron chi connectivity index (χ2n) is 4.14. The van der Waals surface area contributed by atoms with Crippen molar-refractivity contribution in [3.63, 3.8) is 0 Å². The lowest BCUT2D eigenvalue weighted by Gasteiger charge is -2.23. The van der Waals surface area contributed by atoms with Crippen LogP contribution in [-0.4, -0.2) is 16.2 Å². The first kappa shape index (κ1) is 10.0. The molecule has 3 rings (SSSR count). The van der Waals surface area contributed by atoms with Crippen LogP contribution in [0.1, 0.15) is 11.1 Å². The van der Waals surface area contributed by atoms with Crippen molar-refractivity contribution >= 4 is 12.0 Å². The molecule has 1 aromatic carbocycles. The van der Waals surface area contributed by atoms with Crippen molar-refractivity contribution in [1.29, 1.82) is 0 Å². The van der Waals surface area contributed by atoms with Crippen LogP contribution in [0.3, 0.4) is 0 Å². The topological polar surface area (TPSA) is 28.5 Å². The van der Waals surface area contributed by atoms with Gasteiger partial charge in [0.2, 0.25) is 0 Å². The van der Waals surface area contributed by atoms with Crippen LogP contribution in [0, 0.1) is 0 Å². The molecule has 0 amide bonds. The van der Waals surface area contributed by atoms with Gasteiger partial charge in [-0.1, -0.05) is 30.3 Å². The number of fused-ring (bicyclic) bond motifs is 1. The Hall–Kier alpha value is -2.16. The van der Waals surface area contributed by atoms with E-state index >= 15 is 0 Å². The Kier molecular flexibility index (Phi) is 2.58. The standard InChI is InChI=1S/C14H13N3/c1-2-4-12(5-3-1)9-17-10-13-8-15-7-6-14(13)16-11-17/h1-8,11H,9-10H2. The molecular formula is C14H13N3. The van der Waals surface area contributed by atoms with Crippen LogP contribution in [0.15, 0.2) is 53.8 Å². The molecular weight excluding hydrogens is 210 g/mol. The maximum Gasteiger partial charge on any atom is 0.0918 e. The van der Waals surface area contributed by atoms with Crippen molar-refractivity contribution in [1.82, 2.24) is 9.88 Å². The Labute approximate surface area is 100 Å². The number of benzene rings is 1. The molecule has 0 atom stereocenters. The minimum Gasteiger partial charge on any atom is -0.354 e. The number of nitrogens with zero attached hydrogens (tertiary/aromatic N) is 3. The molecule has 1 aliphatic heterocycles. The zero-order valence-electron chi connectivity index (χ0n) is 9.45. The third-order valence-corrected chi connectivity index (χ3v) is 2.84. The zero-order valence-corrected chi connectivity index (χ0v) is 9.45. The summed E-state index contributed by atoms with van der Waals surface area (Å²) in [6.07, 6.45) is 5.59. The maximum atomic E-state index is 4.43. The zero-order chi connectivity index (χ0) is 11.5. The van der Waals surface area contributed by atoms with Gasteiger partial charge in [0.15, 0.2) is 0 Å². The van der Waals surface area contributed by atoms with E-state index < -0.39 is 0 Å². The van der Waals surface area contributed by atoms with Crippen LogP contribution in [0.4, 0.5) is 5.69 Å². The summed E-state index contributed by atoms with van der Waals surface area (Å²) in [7, 11) is 0. The molecule has 0 saturated carbocycles. The summed E-state index contributed by atoms with van der Waals surface area (Å²) in [6, 6.07) is 12.4. The van der Waals surface area contributed by atoms with Crippen molar-refractivity contribution in [2.45, 2.75) is 13.1 Å². The molecule has 1 aliphatic rings. The van der Waals surface area contributed by atoms with Crippen LogP contribution in [0.25, 0.3) is 0 Å². The van der Waals surface area contributed by atoms with Crippen LogP contribution >= 0.6 is 0 Å². The largest absolute Gasteiger partial charge is 0.354 e. The average molecular weight is 223 g/mol. The van der Waals surface area contributed by atoms with Gasteiger partial charge in [-0.05, 0) is 11.6 Å². The van der Waals surface area contributed by atoms with Crippen molar-refractivity contribution in [3.05, 3.63) is 59.9 Å². The minimum absolute atomic E-state index is 0.877. The number of pyridine rings is 1. The summed E-state index contributed by atoms with van der Waals surface area (Å²) >= 11 is 0. The van der Waals surface area contributed by atoms with Crippen molar-refractivity contribution in [2.75, 3.05) is 0 Å². The Balaban J connectivity index is 1.77. The summed E-state index contributed by atoms with van der Waals surface area (Å²) < 4.78 is 0. The first-order chi connectivity index (χ1) is 8.42. The molecule has 2 heterocycles. The Morgan fingerprint density at radius 3 is 2.88 bits per heavy atom. The van der Waals surface area contributed by atoms with Gasteiger partial charge in [-0.2, -0.15) is 0 Å². The van der Waals surface area contributed by atoms with Gasteiger partial charge in [-0.3, -0.25) is 4.98 Å². The summed E-state index contributed by atoms with van der Waals surface area (Å²) in [5, 5.41) is 0. The lowest BCUT2D eigenvalue weighted by atomic mass is 10.1. The maximum absolute atomic E-state index is 4.43. The van der Waals surface area contributed by atoms with E-state index in [9.17, 15) is 0 Å². The normalized spacial score (nSPS) is 13.5. The molecule has 17 heavy (non-hydrogen) atoms. The lowest BCUT2D eigenvalue weighted by molar-refractivity contribution is 0.413. The van der Waals surface area contributed by atoms with E-state index in [-0.39, 0.29) is 0 Å². The molecule has 1 aromatic heterocycles. The summed E-state index contributed by atoms with van der Waals surface area (Å²) in [5.41, 5.74) is 3.52. The Bertz CT molecular complexity index is 534. The summed E-state index contributed by atoms with van der Waals surface area (Å²) in [4.78, 5) is 10.8. The van der Waals surface area contributed by atoms with Crippen LogP contribution in [-0.2, 0) is 13.1 Å². The van der Waals surface area contributed by atoms with E-state index in [0.717, 1.165) is 18.8 Å². The molecule has 0 saturated heterocycles. The molecule has 0 spiro atoms. The van der Waals surface area contributed by atoms with E-state index in [1.165, 1.54) is 11.1 Å². The molecule has 3 nitrogen and oxygen atoms in total. The number of aliphatic imine (C=N–C) groups is 1. The number of hydrogen-bond acceptors (Lipinski definition) is 3. The molecule has 0 radical (unpaired) electrons. The first-order valence-corrected chi connectivity index (χ1v) is 5.67.